The Morgan fingerprint density at radius 2 is 2.25 bits per heavy atom. The Labute approximate surface area is 122 Å². The van der Waals surface area contributed by atoms with Crippen molar-refractivity contribution in [2.75, 3.05) is 12.3 Å². The number of carboxylic acid groups (broad SMARTS) is 1. The van der Waals surface area contributed by atoms with Gasteiger partial charge in [0.1, 0.15) is 6.04 Å². The van der Waals surface area contributed by atoms with Crippen molar-refractivity contribution in [3.63, 3.8) is 0 Å². The number of hydrogen-bond donors (Lipinski definition) is 1. The molecule has 1 aliphatic heterocycles. The third-order valence-corrected chi connectivity index (χ3v) is 4.00. The van der Waals surface area contributed by atoms with Gasteiger partial charge in [0.25, 0.3) is 0 Å². The summed E-state index contributed by atoms with van der Waals surface area (Å²) in [6.07, 6.45) is 7.08. The molecule has 0 saturated heterocycles. The zero-order chi connectivity index (χ0) is 15.3. The molecule has 6 heteroatoms. The number of carbonyl (C=O) groups excluding carboxylic acids is 2. The monoisotopic (exact) mass is 295 g/mol. The molecule has 0 aromatic rings. The SMILES string of the molecule is C#CCC1=CC(C(=O)O)N(C(=O)[C@H](C)CSC(C)=O)C1. The molecule has 0 aromatic carbocycles. The van der Waals surface area contributed by atoms with Crippen LogP contribution >= 0.6 is 11.8 Å². The lowest BCUT2D eigenvalue weighted by atomic mass is 10.1. The van der Waals surface area contributed by atoms with Crippen molar-refractivity contribution < 1.29 is 19.5 Å². The van der Waals surface area contributed by atoms with Gasteiger partial charge < -0.3 is 10.0 Å². The van der Waals surface area contributed by atoms with Gasteiger partial charge in [-0.15, -0.1) is 12.3 Å². The molecule has 0 radical (unpaired) electrons. The molecule has 108 valence electrons. The Morgan fingerprint density at radius 3 is 2.75 bits per heavy atom. The highest BCUT2D eigenvalue weighted by atomic mass is 32.2. The number of hydrogen-bond acceptors (Lipinski definition) is 4. The van der Waals surface area contributed by atoms with E-state index in [9.17, 15) is 14.4 Å². The second kappa shape index (κ2) is 7.15. The zero-order valence-electron chi connectivity index (χ0n) is 11.5. The fraction of sp³-hybridized carbons (Fsp3) is 0.500. The molecule has 0 bridgehead atoms. The van der Waals surface area contributed by atoms with Crippen LogP contribution in [0.2, 0.25) is 0 Å². The summed E-state index contributed by atoms with van der Waals surface area (Å²) in [5.74, 6) is 1.04. The maximum Gasteiger partial charge on any atom is 0.330 e. The van der Waals surface area contributed by atoms with E-state index in [0.717, 1.165) is 17.3 Å². The fourth-order valence-electron chi connectivity index (χ4n) is 1.95. The Hall–Kier alpha value is -1.74. The molecular formula is C14H17NO4S. The van der Waals surface area contributed by atoms with Crippen molar-refractivity contribution in [2.24, 2.45) is 5.92 Å². The van der Waals surface area contributed by atoms with Gasteiger partial charge in [0.15, 0.2) is 5.12 Å². The molecule has 0 spiro atoms. The normalized spacial score (nSPS) is 19.1. The summed E-state index contributed by atoms with van der Waals surface area (Å²) in [5, 5.41) is 9.11. The maximum absolute atomic E-state index is 12.3. The molecule has 0 saturated carbocycles. The van der Waals surface area contributed by atoms with Gasteiger partial charge in [-0.05, 0) is 11.6 Å². The lowest BCUT2D eigenvalue weighted by molar-refractivity contribution is -0.148. The quantitative estimate of drug-likeness (QED) is 0.608. The predicted molar refractivity (Wildman–Crippen MR) is 77.0 cm³/mol. The summed E-state index contributed by atoms with van der Waals surface area (Å²) < 4.78 is 0. The van der Waals surface area contributed by atoms with E-state index in [1.54, 1.807) is 6.92 Å². The second-order valence-electron chi connectivity index (χ2n) is 4.66. The molecule has 2 atom stereocenters. The smallest absolute Gasteiger partial charge is 0.330 e. The highest BCUT2D eigenvalue weighted by molar-refractivity contribution is 8.13. The van der Waals surface area contributed by atoms with Gasteiger partial charge in [0.05, 0.1) is 0 Å². The molecule has 0 aromatic heterocycles. The van der Waals surface area contributed by atoms with Gasteiger partial charge >= 0.3 is 5.97 Å². The van der Waals surface area contributed by atoms with Crippen LogP contribution < -0.4 is 0 Å². The number of rotatable bonds is 5. The predicted octanol–water partition coefficient (Wildman–Crippen LogP) is 1.15. The van der Waals surface area contributed by atoms with Gasteiger partial charge in [0, 0.05) is 31.6 Å². The van der Waals surface area contributed by atoms with Gasteiger partial charge in [-0.25, -0.2) is 4.79 Å². The number of amides is 1. The number of terminal acetylenes is 1. The second-order valence-corrected chi connectivity index (χ2v) is 5.86. The standard InChI is InChI=1S/C14H17NO4S/c1-4-5-11-6-12(14(18)19)15(7-11)13(17)9(2)8-20-10(3)16/h1,6,9,12H,5,7-8H2,2-3H3,(H,18,19)/t9-,12?/m1/s1. The third kappa shape index (κ3) is 4.14. The largest absolute Gasteiger partial charge is 0.479 e. The summed E-state index contributed by atoms with van der Waals surface area (Å²) in [6.45, 7) is 3.37. The van der Waals surface area contributed by atoms with E-state index < -0.39 is 17.9 Å². The van der Waals surface area contributed by atoms with Crippen molar-refractivity contribution in [2.45, 2.75) is 26.3 Å². The third-order valence-electron chi connectivity index (χ3n) is 2.93. The summed E-state index contributed by atoms with van der Waals surface area (Å²) in [7, 11) is 0. The number of nitrogens with zero attached hydrogens (tertiary/aromatic N) is 1. The van der Waals surface area contributed by atoms with Gasteiger partial charge in [-0.1, -0.05) is 18.7 Å². The van der Waals surface area contributed by atoms with Crippen molar-refractivity contribution in [3.8, 4) is 12.3 Å². The van der Waals surface area contributed by atoms with Crippen LogP contribution in [0.1, 0.15) is 20.3 Å². The highest BCUT2D eigenvalue weighted by Gasteiger charge is 2.35. The molecule has 0 fully saturated rings. The van der Waals surface area contributed by atoms with Crippen LogP contribution in [-0.4, -0.2) is 45.3 Å². The van der Waals surface area contributed by atoms with Crippen molar-refractivity contribution in [1.29, 1.82) is 0 Å². The first-order valence-electron chi connectivity index (χ1n) is 6.16. The molecule has 0 aliphatic carbocycles. The average molecular weight is 295 g/mol. The van der Waals surface area contributed by atoms with E-state index in [2.05, 4.69) is 5.92 Å². The van der Waals surface area contributed by atoms with E-state index >= 15 is 0 Å². The van der Waals surface area contributed by atoms with Crippen LogP contribution in [0.3, 0.4) is 0 Å². The summed E-state index contributed by atoms with van der Waals surface area (Å²) in [6, 6.07) is -0.962. The van der Waals surface area contributed by atoms with Crippen LogP contribution in [0.4, 0.5) is 0 Å². The minimum absolute atomic E-state index is 0.0630. The van der Waals surface area contributed by atoms with E-state index in [0.29, 0.717) is 12.2 Å². The first-order valence-corrected chi connectivity index (χ1v) is 7.15. The first-order chi connectivity index (χ1) is 9.36. The molecule has 20 heavy (non-hydrogen) atoms. The molecule has 1 amide bonds. The van der Waals surface area contributed by atoms with Crippen LogP contribution in [0.15, 0.2) is 11.6 Å². The lowest BCUT2D eigenvalue weighted by Crippen LogP contribution is -2.44. The number of carbonyl (C=O) groups is 3. The molecular weight excluding hydrogens is 278 g/mol. The minimum Gasteiger partial charge on any atom is -0.479 e. The molecule has 1 heterocycles. The summed E-state index contributed by atoms with van der Waals surface area (Å²) >= 11 is 1.06. The van der Waals surface area contributed by atoms with Crippen molar-refractivity contribution >= 4 is 28.8 Å². The van der Waals surface area contributed by atoms with Crippen LogP contribution in [0.25, 0.3) is 0 Å². The van der Waals surface area contributed by atoms with Gasteiger partial charge in [0.2, 0.25) is 5.91 Å². The number of carboxylic acids is 1. The Kier molecular flexibility index (Phi) is 5.83. The zero-order valence-corrected chi connectivity index (χ0v) is 12.3. The van der Waals surface area contributed by atoms with Crippen molar-refractivity contribution in [1.82, 2.24) is 4.90 Å². The van der Waals surface area contributed by atoms with Crippen LogP contribution in [0.5, 0.6) is 0 Å². The maximum atomic E-state index is 12.3. The molecule has 1 rings (SSSR count). The van der Waals surface area contributed by atoms with E-state index in [-0.39, 0.29) is 17.6 Å². The molecule has 1 aliphatic rings. The van der Waals surface area contributed by atoms with Crippen LogP contribution in [-0.2, 0) is 14.4 Å². The highest BCUT2D eigenvalue weighted by Crippen LogP contribution is 2.22. The van der Waals surface area contributed by atoms with E-state index in [4.69, 9.17) is 11.5 Å². The number of thioether (sulfide) groups is 1. The van der Waals surface area contributed by atoms with Crippen molar-refractivity contribution in [3.05, 3.63) is 11.6 Å². The Bertz CT molecular complexity index is 492. The minimum atomic E-state index is -1.07. The first kappa shape index (κ1) is 16.3. The van der Waals surface area contributed by atoms with E-state index in [1.165, 1.54) is 17.9 Å². The van der Waals surface area contributed by atoms with Gasteiger partial charge in [-0.3, -0.25) is 9.59 Å². The molecule has 5 nitrogen and oxygen atoms in total. The van der Waals surface area contributed by atoms with Gasteiger partial charge in [-0.2, -0.15) is 0 Å². The lowest BCUT2D eigenvalue weighted by Gasteiger charge is -2.25. The Morgan fingerprint density at radius 1 is 1.60 bits per heavy atom. The number of aliphatic carboxylic acids is 1. The molecule has 1 N–H and O–H groups in total. The van der Waals surface area contributed by atoms with Crippen LogP contribution in [0, 0.1) is 18.3 Å². The summed E-state index contributed by atoms with van der Waals surface area (Å²) in [4.78, 5) is 35.7. The topological polar surface area (TPSA) is 74.7 Å². The molecule has 1 unspecified atom stereocenters. The fourth-order valence-corrected chi connectivity index (χ4v) is 2.57. The van der Waals surface area contributed by atoms with E-state index in [1.807, 2.05) is 0 Å². The Balaban J connectivity index is 2.74. The average Bonchev–Trinajstić information content (AvgIpc) is 2.79. The summed E-state index contributed by atoms with van der Waals surface area (Å²) in [5.41, 5.74) is 0.764.